The molecule has 1 aliphatic heterocycles. The van der Waals surface area contributed by atoms with Gasteiger partial charge in [-0.1, -0.05) is 18.2 Å². The van der Waals surface area contributed by atoms with Gasteiger partial charge in [0.15, 0.2) is 5.13 Å². The quantitative estimate of drug-likeness (QED) is 0.436. The van der Waals surface area contributed by atoms with Crippen molar-refractivity contribution in [2.45, 2.75) is 19.8 Å². The number of para-hydroxylation sites is 1. The van der Waals surface area contributed by atoms with Crippen LogP contribution in [0.5, 0.6) is 0 Å². The van der Waals surface area contributed by atoms with E-state index in [9.17, 15) is 14.0 Å². The number of nitrogens with one attached hydrogen (secondary N) is 2. The van der Waals surface area contributed by atoms with Crippen LogP contribution in [0.2, 0.25) is 0 Å². The molecule has 0 aliphatic carbocycles. The number of carbonyl (C=O) groups excluding carboxylic acids is 2. The molecule has 0 bridgehead atoms. The van der Waals surface area contributed by atoms with Crippen LogP contribution in [0.4, 0.5) is 9.52 Å². The van der Waals surface area contributed by atoms with Gasteiger partial charge in [0, 0.05) is 46.2 Å². The fourth-order valence-corrected chi connectivity index (χ4v) is 5.12. The van der Waals surface area contributed by atoms with Crippen molar-refractivity contribution in [3.05, 3.63) is 71.0 Å². The highest BCUT2D eigenvalue weighted by Crippen LogP contribution is 2.34. The number of likely N-dealkylation sites (tertiary alicyclic amines) is 1. The Bertz CT molecular complexity index is 1330. The Labute approximate surface area is 194 Å². The number of halogens is 1. The number of nitrogens with zero attached hydrogens (tertiary/aromatic N) is 2. The Kier molecular flexibility index (Phi) is 5.68. The third-order valence-corrected chi connectivity index (χ3v) is 6.81. The van der Waals surface area contributed by atoms with E-state index in [0.717, 1.165) is 34.3 Å². The summed E-state index contributed by atoms with van der Waals surface area (Å²) in [5.41, 5.74) is 4.37. The molecule has 1 fully saturated rings. The molecule has 2 N–H and O–H groups in total. The molecule has 0 saturated carbocycles. The van der Waals surface area contributed by atoms with Crippen LogP contribution in [-0.2, 0) is 4.79 Å². The Morgan fingerprint density at radius 3 is 2.79 bits per heavy atom. The molecule has 4 aromatic rings. The third kappa shape index (κ3) is 4.26. The van der Waals surface area contributed by atoms with Gasteiger partial charge in [0.05, 0.1) is 11.6 Å². The molecular weight excluding hydrogens is 439 g/mol. The topological polar surface area (TPSA) is 78.1 Å². The van der Waals surface area contributed by atoms with Crippen LogP contribution in [0.3, 0.4) is 0 Å². The minimum atomic E-state index is -0.381. The van der Waals surface area contributed by atoms with E-state index < -0.39 is 0 Å². The first-order chi connectivity index (χ1) is 16.0. The minimum Gasteiger partial charge on any atom is -0.358 e. The molecule has 5 rings (SSSR count). The van der Waals surface area contributed by atoms with E-state index in [0.29, 0.717) is 30.2 Å². The molecule has 1 unspecified atom stereocenters. The van der Waals surface area contributed by atoms with E-state index in [1.165, 1.54) is 35.6 Å². The van der Waals surface area contributed by atoms with Crippen LogP contribution in [0.15, 0.2) is 53.9 Å². The van der Waals surface area contributed by atoms with Crippen molar-refractivity contribution in [2.75, 3.05) is 18.4 Å². The Morgan fingerprint density at radius 1 is 1.18 bits per heavy atom. The smallest absolute Gasteiger partial charge is 0.253 e. The van der Waals surface area contributed by atoms with Gasteiger partial charge in [-0.2, -0.15) is 0 Å². The average Bonchev–Trinajstić information content (AvgIpc) is 3.41. The molecule has 168 valence electrons. The summed E-state index contributed by atoms with van der Waals surface area (Å²) in [5, 5.41) is 6.53. The molecule has 2 aromatic heterocycles. The lowest BCUT2D eigenvalue weighted by atomic mass is 9.96. The number of thiazole rings is 1. The van der Waals surface area contributed by atoms with Crippen LogP contribution in [-0.4, -0.2) is 39.8 Å². The number of anilines is 1. The number of fused-ring (bicyclic) bond motifs is 1. The van der Waals surface area contributed by atoms with Crippen molar-refractivity contribution in [3.63, 3.8) is 0 Å². The normalized spacial score (nSPS) is 16.2. The van der Waals surface area contributed by atoms with Crippen molar-refractivity contribution in [1.82, 2.24) is 14.9 Å². The van der Waals surface area contributed by atoms with Gasteiger partial charge < -0.3 is 15.2 Å². The van der Waals surface area contributed by atoms with Gasteiger partial charge in [-0.25, -0.2) is 9.37 Å². The number of carbonyl (C=O) groups is 2. The maximum atomic E-state index is 13.2. The molecule has 6 nitrogen and oxygen atoms in total. The number of aromatic amines is 1. The first-order valence-corrected chi connectivity index (χ1v) is 11.8. The maximum absolute atomic E-state index is 13.2. The lowest BCUT2D eigenvalue weighted by Gasteiger charge is -2.32. The fourth-order valence-electron chi connectivity index (χ4n) is 4.41. The first-order valence-electron chi connectivity index (χ1n) is 10.9. The SMILES string of the molecule is Cc1[nH]c2ccccc2c1-c1csc(NC(=O)C2CCCN(C(=O)c3ccc(F)cc3)C2)n1. The number of aryl methyl sites for hydroxylation is 1. The van der Waals surface area contributed by atoms with Crippen LogP contribution >= 0.6 is 11.3 Å². The molecule has 0 radical (unpaired) electrons. The number of rotatable bonds is 4. The van der Waals surface area contributed by atoms with Crippen LogP contribution in [0, 0.1) is 18.7 Å². The molecule has 2 aromatic carbocycles. The largest absolute Gasteiger partial charge is 0.358 e. The van der Waals surface area contributed by atoms with Gasteiger partial charge in [-0.15, -0.1) is 11.3 Å². The van der Waals surface area contributed by atoms with E-state index in [2.05, 4.69) is 21.4 Å². The van der Waals surface area contributed by atoms with Gasteiger partial charge in [-0.05, 0) is 50.1 Å². The van der Waals surface area contributed by atoms with Crippen molar-refractivity contribution in [2.24, 2.45) is 5.92 Å². The molecule has 1 atom stereocenters. The first kappa shape index (κ1) is 21.3. The summed E-state index contributed by atoms with van der Waals surface area (Å²) in [5.74, 6) is -1.01. The van der Waals surface area contributed by atoms with Crippen LogP contribution < -0.4 is 5.32 Å². The molecule has 1 aliphatic rings. The number of hydrogen-bond acceptors (Lipinski definition) is 4. The average molecular weight is 463 g/mol. The second-order valence-corrected chi connectivity index (χ2v) is 9.15. The highest BCUT2D eigenvalue weighted by Gasteiger charge is 2.29. The van der Waals surface area contributed by atoms with E-state index in [-0.39, 0.29) is 23.5 Å². The maximum Gasteiger partial charge on any atom is 0.253 e. The Hall–Kier alpha value is -3.52. The standard InChI is InChI=1S/C25H23FN4O2S/c1-15-22(19-6-2-3-7-20(19)27-15)21-14-33-25(28-21)29-23(31)17-5-4-12-30(13-17)24(32)16-8-10-18(26)11-9-16/h2-3,6-11,14,17,27H,4-5,12-13H2,1H3,(H,28,29,31). The number of benzene rings is 2. The summed E-state index contributed by atoms with van der Waals surface area (Å²) in [6.07, 6.45) is 1.45. The summed E-state index contributed by atoms with van der Waals surface area (Å²) in [7, 11) is 0. The van der Waals surface area contributed by atoms with Gasteiger partial charge in [0.2, 0.25) is 5.91 Å². The number of amides is 2. The van der Waals surface area contributed by atoms with E-state index >= 15 is 0 Å². The van der Waals surface area contributed by atoms with E-state index in [4.69, 9.17) is 0 Å². The lowest BCUT2D eigenvalue weighted by Crippen LogP contribution is -2.43. The molecule has 2 amide bonds. The van der Waals surface area contributed by atoms with Gasteiger partial charge >= 0.3 is 0 Å². The summed E-state index contributed by atoms with van der Waals surface area (Å²) in [6, 6.07) is 13.6. The zero-order valence-corrected chi connectivity index (χ0v) is 18.9. The van der Waals surface area contributed by atoms with Gasteiger partial charge in [0.25, 0.3) is 5.91 Å². The summed E-state index contributed by atoms with van der Waals surface area (Å²) in [6.45, 7) is 2.94. The zero-order valence-electron chi connectivity index (χ0n) is 18.1. The number of piperidine rings is 1. The van der Waals surface area contributed by atoms with Gasteiger partial charge in [-0.3, -0.25) is 9.59 Å². The molecule has 1 saturated heterocycles. The molecular formula is C25H23FN4O2S. The highest BCUT2D eigenvalue weighted by molar-refractivity contribution is 7.14. The van der Waals surface area contributed by atoms with Crippen molar-refractivity contribution < 1.29 is 14.0 Å². The fraction of sp³-hybridized carbons (Fsp3) is 0.240. The monoisotopic (exact) mass is 462 g/mol. The lowest BCUT2D eigenvalue weighted by molar-refractivity contribution is -0.121. The van der Waals surface area contributed by atoms with E-state index in [1.54, 1.807) is 4.90 Å². The van der Waals surface area contributed by atoms with E-state index in [1.807, 2.05) is 30.5 Å². The van der Waals surface area contributed by atoms with Gasteiger partial charge in [0.1, 0.15) is 5.82 Å². The third-order valence-electron chi connectivity index (χ3n) is 6.05. The highest BCUT2D eigenvalue weighted by atomic mass is 32.1. The zero-order chi connectivity index (χ0) is 22.9. The summed E-state index contributed by atoms with van der Waals surface area (Å²) < 4.78 is 13.2. The predicted octanol–water partition coefficient (Wildman–Crippen LogP) is 5.23. The van der Waals surface area contributed by atoms with Crippen molar-refractivity contribution in [3.8, 4) is 11.3 Å². The second kappa shape index (κ2) is 8.78. The Balaban J connectivity index is 1.28. The second-order valence-electron chi connectivity index (χ2n) is 8.29. The predicted molar refractivity (Wildman–Crippen MR) is 128 cm³/mol. The molecule has 8 heteroatoms. The molecule has 3 heterocycles. The number of aromatic nitrogens is 2. The molecule has 0 spiro atoms. The van der Waals surface area contributed by atoms with Crippen molar-refractivity contribution in [1.29, 1.82) is 0 Å². The number of H-pyrrole nitrogens is 1. The minimum absolute atomic E-state index is 0.136. The Morgan fingerprint density at radius 2 is 1.97 bits per heavy atom. The van der Waals surface area contributed by atoms with Crippen LogP contribution in [0.25, 0.3) is 22.2 Å². The number of hydrogen-bond donors (Lipinski definition) is 2. The van der Waals surface area contributed by atoms with Crippen LogP contribution in [0.1, 0.15) is 28.9 Å². The summed E-state index contributed by atoms with van der Waals surface area (Å²) >= 11 is 1.39. The van der Waals surface area contributed by atoms with Crippen molar-refractivity contribution >= 4 is 39.2 Å². The summed E-state index contributed by atoms with van der Waals surface area (Å²) in [4.78, 5) is 35.4. The molecule has 33 heavy (non-hydrogen) atoms.